The van der Waals surface area contributed by atoms with Crippen LogP contribution in [0.5, 0.6) is 0 Å². The van der Waals surface area contributed by atoms with E-state index in [9.17, 15) is 0 Å². The van der Waals surface area contributed by atoms with E-state index in [1.54, 1.807) is 0 Å². The van der Waals surface area contributed by atoms with Gasteiger partial charge in [0.15, 0.2) is 0 Å². The first-order valence-electron chi connectivity index (χ1n) is 4.92. The molecule has 0 spiro atoms. The largest absolute Gasteiger partial charge is 0.381 e. The lowest BCUT2D eigenvalue weighted by molar-refractivity contribution is 0.0469. The van der Waals surface area contributed by atoms with Gasteiger partial charge in [-0.2, -0.15) is 5.10 Å². The topological polar surface area (TPSA) is 27.1 Å². The predicted molar refractivity (Wildman–Crippen MR) is 50.5 cm³/mol. The third-order valence-corrected chi connectivity index (χ3v) is 2.47. The van der Waals surface area contributed by atoms with Gasteiger partial charge < -0.3 is 4.74 Å². The maximum absolute atomic E-state index is 5.42. The summed E-state index contributed by atoms with van der Waals surface area (Å²) in [6.07, 6.45) is 4.52. The molecular formula is C10H16N2O. The highest BCUT2D eigenvalue weighted by molar-refractivity contribution is 4.94. The van der Waals surface area contributed by atoms with Crippen LogP contribution in [0.25, 0.3) is 0 Å². The average molecular weight is 180 g/mol. The van der Waals surface area contributed by atoms with Gasteiger partial charge in [0.2, 0.25) is 0 Å². The minimum atomic E-state index is 0.660. The molecule has 13 heavy (non-hydrogen) atoms. The van der Waals surface area contributed by atoms with Crippen LogP contribution in [0.3, 0.4) is 0 Å². The van der Waals surface area contributed by atoms with E-state index in [2.05, 4.69) is 5.10 Å². The Morgan fingerprint density at radius 1 is 1.69 bits per heavy atom. The molecule has 1 unspecified atom stereocenters. The number of aromatic nitrogens is 2. The van der Waals surface area contributed by atoms with Crippen molar-refractivity contribution >= 4 is 0 Å². The summed E-state index contributed by atoms with van der Waals surface area (Å²) in [6.45, 7) is 4.87. The van der Waals surface area contributed by atoms with Crippen LogP contribution in [0, 0.1) is 12.8 Å². The zero-order valence-corrected chi connectivity index (χ0v) is 8.07. The van der Waals surface area contributed by atoms with E-state index in [4.69, 9.17) is 4.74 Å². The Labute approximate surface area is 78.7 Å². The van der Waals surface area contributed by atoms with Gasteiger partial charge in [-0.15, -0.1) is 0 Å². The van der Waals surface area contributed by atoms with E-state index in [0.29, 0.717) is 5.92 Å². The van der Waals surface area contributed by atoms with E-state index in [1.165, 1.54) is 12.8 Å². The van der Waals surface area contributed by atoms with E-state index in [-0.39, 0.29) is 0 Å². The van der Waals surface area contributed by atoms with Gasteiger partial charge in [0.25, 0.3) is 0 Å². The van der Waals surface area contributed by atoms with Gasteiger partial charge in [-0.3, -0.25) is 4.68 Å². The fraction of sp³-hybridized carbons (Fsp3) is 0.700. The first-order valence-corrected chi connectivity index (χ1v) is 4.92. The van der Waals surface area contributed by atoms with Gasteiger partial charge in [0.1, 0.15) is 0 Å². The van der Waals surface area contributed by atoms with Crippen LogP contribution < -0.4 is 0 Å². The Morgan fingerprint density at radius 3 is 3.23 bits per heavy atom. The third kappa shape index (κ3) is 2.31. The van der Waals surface area contributed by atoms with Crippen molar-refractivity contribution in [2.75, 3.05) is 13.2 Å². The van der Waals surface area contributed by atoms with Gasteiger partial charge in [-0.1, -0.05) is 0 Å². The second-order valence-corrected chi connectivity index (χ2v) is 3.76. The number of rotatable bonds is 2. The van der Waals surface area contributed by atoms with Gasteiger partial charge in [0.05, 0.1) is 12.3 Å². The van der Waals surface area contributed by atoms with Crippen molar-refractivity contribution in [2.24, 2.45) is 5.92 Å². The molecule has 0 bridgehead atoms. The molecule has 2 heterocycles. The van der Waals surface area contributed by atoms with Gasteiger partial charge in [-0.05, 0) is 25.8 Å². The maximum Gasteiger partial charge on any atom is 0.0593 e. The summed E-state index contributed by atoms with van der Waals surface area (Å²) in [6, 6.07) is 2.05. The Hall–Kier alpha value is -0.830. The molecule has 1 aromatic rings. The molecule has 3 nitrogen and oxygen atoms in total. The number of nitrogens with zero attached hydrogens (tertiary/aromatic N) is 2. The summed E-state index contributed by atoms with van der Waals surface area (Å²) in [5.74, 6) is 0.660. The molecule has 1 atom stereocenters. The molecular weight excluding hydrogens is 164 g/mol. The van der Waals surface area contributed by atoms with Gasteiger partial charge in [0, 0.05) is 25.3 Å². The van der Waals surface area contributed by atoms with Crippen LogP contribution in [0.4, 0.5) is 0 Å². The summed E-state index contributed by atoms with van der Waals surface area (Å²) in [5, 5.41) is 4.37. The van der Waals surface area contributed by atoms with E-state index in [0.717, 1.165) is 25.5 Å². The molecule has 0 amide bonds. The van der Waals surface area contributed by atoms with Crippen LogP contribution in [0.15, 0.2) is 12.3 Å². The first-order chi connectivity index (χ1) is 6.34. The highest BCUT2D eigenvalue weighted by Gasteiger charge is 2.14. The minimum Gasteiger partial charge on any atom is -0.381 e. The van der Waals surface area contributed by atoms with Crippen molar-refractivity contribution in [3.05, 3.63) is 18.0 Å². The Morgan fingerprint density at radius 2 is 2.62 bits per heavy atom. The molecule has 1 aliphatic rings. The molecule has 72 valence electrons. The van der Waals surface area contributed by atoms with Crippen LogP contribution in [-0.4, -0.2) is 23.0 Å². The van der Waals surface area contributed by atoms with Crippen LogP contribution in [-0.2, 0) is 11.3 Å². The molecule has 1 saturated heterocycles. The third-order valence-electron chi connectivity index (χ3n) is 2.47. The zero-order chi connectivity index (χ0) is 9.10. The van der Waals surface area contributed by atoms with E-state index < -0.39 is 0 Å². The predicted octanol–water partition coefficient (Wildman–Crippen LogP) is 1.62. The standard InChI is InChI=1S/C10H16N2O/c1-9-4-5-12(11-9)7-10-3-2-6-13-8-10/h4-5,10H,2-3,6-8H2,1H3. The molecule has 1 aromatic heterocycles. The molecule has 1 fully saturated rings. The van der Waals surface area contributed by atoms with Crippen molar-refractivity contribution in [1.82, 2.24) is 9.78 Å². The van der Waals surface area contributed by atoms with Crippen molar-refractivity contribution in [3.63, 3.8) is 0 Å². The molecule has 0 saturated carbocycles. The molecule has 0 aliphatic carbocycles. The van der Waals surface area contributed by atoms with Crippen molar-refractivity contribution in [2.45, 2.75) is 26.3 Å². The summed E-state index contributed by atoms with van der Waals surface area (Å²) in [4.78, 5) is 0. The lowest BCUT2D eigenvalue weighted by Gasteiger charge is -2.21. The van der Waals surface area contributed by atoms with E-state index >= 15 is 0 Å². The number of hydrogen-bond acceptors (Lipinski definition) is 2. The Balaban J connectivity index is 1.89. The molecule has 0 aromatic carbocycles. The molecule has 3 heteroatoms. The Bertz CT molecular complexity index is 264. The fourth-order valence-electron chi connectivity index (χ4n) is 1.78. The number of hydrogen-bond donors (Lipinski definition) is 0. The SMILES string of the molecule is Cc1ccn(CC2CCCOC2)n1. The number of aryl methyl sites for hydroxylation is 1. The highest BCUT2D eigenvalue weighted by atomic mass is 16.5. The second-order valence-electron chi connectivity index (χ2n) is 3.76. The summed E-state index contributed by atoms with van der Waals surface area (Å²) in [5.41, 5.74) is 1.09. The van der Waals surface area contributed by atoms with Gasteiger partial charge >= 0.3 is 0 Å². The lowest BCUT2D eigenvalue weighted by atomic mass is 10.0. The molecule has 0 radical (unpaired) electrons. The van der Waals surface area contributed by atoms with Gasteiger partial charge in [-0.25, -0.2) is 0 Å². The minimum absolute atomic E-state index is 0.660. The number of ether oxygens (including phenoxy) is 1. The molecule has 2 rings (SSSR count). The summed E-state index contributed by atoms with van der Waals surface area (Å²) < 4.78 is 7.44. The average Bonchev–Trinajstić information content (AvgIpc) is 2.53. The van der Waals surface area contributed by atoms with Crippen LogP contribution in [0.2, 0.25) is 0 Å². The monoisotopic (exact) mass is 180 g/mol. The molecule has 1 aliphatic heterocycles. The van der Waals surface area contributed by atoms with Crippen LogP contribution >= 0.6 is 0 Å². The highest BCUT2D eigenvalue weighted by Crippen LogP contribution is 2.15. The summed E-state index contributed by atoms with van der Waals surface area (Å²) >= 11 is 0. The van der Waals surface area contributed by atoms with E-state index in [1.807, 2.05) is 23.9 Å². The smallest absolute Gasteiger partial charge is 0.0593 e. The van der Waals surface area contributed by atoms with Crippen molar-refractivity contribution in [1.29, 1.82) is 0 Å². The fourth-order valence-corrected chi connectivity index (χ4v) is 1.78. The van der Waals surface area contributed by atoms with Crippen molar-refractivity contribution < 1.29 is 4.74 Å². The zero-order valence-electron chi connectivity index (χ0n) is 8.07. The Kier molecular flexibility index (Phi) is 2.64. The first kappa shape index (κ1) is 8.75. The summed E-state index contributed by atoms with van der Waals surface area (Å²) in [7, 11) is 0. The second kappa shape index (κ2) is 3.92. The maximum atomic E-state index is 5.42. The normalized spacial score (nSPS) is 23.3. The quantitative estimate of drug-likeness (QED) is 0.691. The van der Waals surface area contributed by atoms with Crippen molar-refractivity contribution in [3.8, 4) is 0 Å². The lowest BCUT2D eigenvalue weighted by Crippen LogP contribution is -2.22. The van der Waals surface area contributed by atoms with Crippen LogP contribution in [0.1, 0.15) is 18.5 Å². The molecule has 0 N–H and O–H groups in total.